The van der Waals surface area contributed by atoms with Crippen molar-refractivity contribution in [2.24, 2.45) is 0 Å². The monoisotopic (exact) mass is 353 g/mol. The van der Waals surface area contributed by atoms with Gasteiger partial charge in [0, 0.05) is 24.1 Å². The van der Waals surface area contributed by atoms with E-state index in [-0.39, 0.29) is 29.6 Å². The molecule has 7 heteroatoms. The number of ether oxygens (including phenoxy) is 2. The molecule has 0 fully saturated rings. The number of nitro benzene ring substituents is 1. The van der Waals surface area contributed by atoms with Crippen LogP contribution in [0, 0.1) is 17.0 Å². The van der Waals surface area contributed by atoms with Crippen molar-refractivity contribution >= 4 is 23.5 Å². The van der Waals surface area contributed by atoms with Crippen LogP contribution < -0.4 is 9.47 Å². The number of allylic oxidation sites excluding steroid dienone is 1. The molecular formula is C19H15NO6. The molecule has 0 atom stereocenters. The number of esters is 1. The van der Waals surface area contributed by atoms with Gasteiger partial charge in [0.15, 0.2) is 5.76 Å². The number of Topliss-reactive ketones (excluding diaryl/α,β-unsaturated/α-hetero) is 1. The number of carbonyl (C=O) groups is 2. The zero-order valence-corrected chi connectivity index (χ0v) is 14.1. The Hall–Kier alpha value is -3.48. The molecule has 2 aromatic rings. The van der Waals surface area contributed by atoms with Gasteiger partial charge in [-0.05, 0) is 42.8 Å². The first kappa shape index (κ1) is 17.3. The van der Waals surface area contributed by atoms with Crippen molar-refractivity contribution in [3.05, 3.63) is 69.0 Å². The van der Waals surface area contributed by atoms with Crippen molar-refractivity contribution in [3.8, 4) is 11.5 Å². The van der Waals surface area contributed by atoms with E-state index in [9.17, 15) is 19.7 Å². The number of benzene rings is 2. The molecule has 0 N–H and O–H groups in total. The van der Waals surface area contributed by atoms with Crippen LogP contribution in [0.15, 0.2) is 42.2 Å². The minimum atomic E-state index is -0.494. The van der Waals surface area contributed by atoms with Crippen LogP contribution in [0.4, 0.5) is 5.69 Å². The number of ketones is 1. The number of fused-ring (bicyclic) bond motifs is 1. The maximum absolute atomic E-state index is 12.5. The predicted molar refractivity (Wildman–Crippen MR) is 93.1 cm³/mol. The summed E-state index contributed by atoms with van der Waals surface area (Å²) in [5.41, 5.74) is 1.51. The normalized spacial score (nSPS) is 14.1. The second kappa shape index (κ2) is 6.79. The highest BCUT2D eigenvalue weighted by Crippen LogP contribution is 2.39. The standard InChI is InChI=1S/C19H15NO6/c1-3-17(21)25-15-9-8-14-18(22)16(26-19(14)11(15)2)10-12-4-6-13(7-5-12)20(23)24/h4-10H,3H2,1-2H3/b16-10-. The third-order valence-electron chi connectivity index (χ3n) is 3.95. The van der Waals surface area contributed by atoms with E-state index in [4.69, 9.17) is 9.47 Å². The van der Waals surface area contributed by atoms with E-state index in [0.717, 1.165) is 0 Å². The fraction of sp³-hybridized carbons (Fsp3) is 0.158. The largest absolute Gasteiger partial charge is 0.452 e. The van der Waals surface area contributed by atoms with Crippen LogP contribution in [0.2, 0.25) is 0 Å². The number of nitrogens with zero attached hydrogens (tertiary/aromatic N) is 1. The van der Waals surface area contributed by atoms with Crippen LogP contribution in [-0.2, 0) is 4.79 Å². The highest BCUT2D eigenvalue weighted by Gasteiger charge is 2.30. The summed E-state index contributed by atoms with van der Waals surface area (Å²) in [6, 6.07) is 8.90. The Bertz CT molecular complexity index is 943. The van der Waals surface area contributed by atoms with Gasteiger partial charge in [0.1, 0.15) is 11.5 Å². The van der Waals surface area contributed by atoms with E-state index >= 15 is 0 Å². The van der Waals surface area contributed by atoms with Crippen molar-refractivity contribution in [1.29, 1.82) is 0 Å². The van der Waals surface area contributed by atoms with Crippen molar-refractivity contribution < 1.29 is 24.0 Å². The number of non-ortho nitro benzene ring substituents is 1. The predicted octanol–water partition coefficient (Wildman–Crippen LogP) is 3.83. The minimum absolute atomic E-state index is 0.0349. The molecule has 0 spiro atoms. The van der Waals surface area contributed by atoms with E-state index in [1.807, 2.05) is 0 Å². The quantitative estimate of drug-likeness (QED) is 0.272. The summed E-state index contributed by atoms with van der Waals surface area (Å²) in [6.45, 7) is 3.40. The summed E-state index contributed by atoms with van der Waals surface area (Å²) in [5.74, 6) is 0.134. The number of hydrogen-bond acceptors (Lipinski definition) is 6. The Labute approximate surface area is 149 Å². The Morgan fingerprint density at radius 3 is 2.54 bits per heavy atom. The van der Waals surface area contributed by atoms with Gasteiger partial charge in [0.25, 0.3) is 5.69 Å². The fourth-order valence-corrected chi connectivity index (χ4v) is 2.52. The van der Waals surface area contributed by atoms with Gasteiger partial charge in [-0.25, -0.2) is 0 Å². The third kappa shape index (κ3) is 3.19. The van der Waals surface area contributed by atoms with E-state index in [1.54, 1.807) is 26.0 Å². The molecule has 2 aromatic carbocycles. The van der Waals surface area contributed by atoms with E-state index in [1.165, 1.54) is 30.3 Å². The summed E-state index contributed by atoms with van der Waals surface area (Å²) >= 11 is 0. The lowest BCUT2D eigenvalue weighted by atomic mass is 10.1. The van der Waals surface area contributed by atoms with Crippen LogP contribution in [0.25, 0.3) is 6.08 Å². The Morgan fingerprint density at radius 2 is 1.92 bits per heavy atom. The number of rotatable bonds is 4. The molecule has 0 aromatic heterocycles. The second-order valence-corrected chi connectivity index (χ2v) is 5.68. The Kier molecular flexibility index (Phi) is 4.53. The minimum Gasteiger partial charge on any atom is -0.452 e. The smallest absolute Gasteiger partial charge is 0.310 e. The van der Waals surface area contributed by atoms with Gasteiger partial charge in [0.2, 0.25) is 5.78 Å². The molecule has 0 bridgehead atoms. The lowest BCUT2D eigenvalue weighted by Crippen LogP contribution is -2.06. The van der Waals surface area contributed by atoms with E-state index in [2.05, 4.69) is 0 Å². The van der Waals surface area contributed by atoms with E-state index in [0.29, 0.717) is 28.2 Å². The molecular weight excluding hydrogens is 338 g/mol. The third-order valence-corrected chi connectivity index (χ3v) is 3.95. The molecule has 0 unspecified atom stereocenters. The summed E-state index contributed by atoms with van der Waals surface area (Å²) in [5, 5.41) is 10.7. The highest BCUT2D eigenvalue weighted by atomic mass is 16.6. The molecule has 0 aliphatic carbocycles. The van der Waals surface area contributed by atoms with Gasteiger partial charge < -0.3 is 9.47 Å². The number of carbonyl (C=O) groups excluding carboxylic acids is 2. The zero-order chi connectivity index (χ0) is 18.8. The highest BCUT2D eigenvalue weighted by molar-refractivity contribution is 6.15. The lowest BCUT2D eigenvalue weighted by molar-refractivity contribution is -0.384. The average Bonchev–Trinajstić information content (AvgIpc) is 2.94. The van der Waals surface area contributed by atoms with E-state index < -0.39 is 4.92 Å². The van der Waals surface area contributed by atoms with Gasteiger partial charge in [0.05, 0.1) is 10.5 Å². The summed E-state index contributed by atoms with van der Waals surface area (Å²) in [6.07, 6.45) is 1.75. The van der Waals surface area contributed by atoms with Crippen molar-refractivity contribution in [1.82, 2.24) is 0 Å². The van der Waals surface area contributed by atoms with Crippen LogP contribution in [-0.4, -0.2) is 16.7 Å². The molecule has 1 heterocycles. The maximum atomic E-state index is 12.5. The van der Waals surface area contributed by atoms with Gasteiger partial charge in [-0.3, -0.25) is 19.7 Å². The topological polar surface area (TPSA) is 95.7 Å². The molecule has 132 valence electrons. The molecule has 26 heavy (non-hydrogen) atoms. The van der Waals surface area contributed by atoms with Crippen molar-refractivity contribution in [2.75, 3.05) is 0 Å². The second-order valence-electron chi connectivity index (χ2n) is 5.68. The van der Waals surface area contributed by atoms with Gasteiger partial charge >= 0.3 is 5.97 Å². The number of nitro groups is 1. The molecule has 0 saturated carbocycles. The molecule has 0 amide bonds. The molecule has 0 saturated heterocycles. The van der Waals surface area contributed by atoms with Crippen LogP contribution in [0.5, 0.6) is 11.5 Å². The van der Waals surface area contributed by atoms with Gasteiger partial charge in [-0.2, -0.15) is 0 Å². The first-order valence-corrected chi connectivity index (χ1v) is 7.93. The van der Waals surface area contributed by atoms with Crippen LogP contribution in [0.3, 0.4) is 0 Å². The molecule has 0 radical (unpaired) electrons. The first-order valence-electron chi connectivity index (χ1n) is 7.93. The van der Waals surface area contributed by atoms with Crippen LogP contribution >= 0.6 is 0 Å². The Balaban J connectivity index is 1.90. The van der Waals surface area contributed by atoms with Crippen molar-refractivity contribution in [2.45, 2.75) is 20.3 Å². The lowest BCUT2D eigenvalue weighted by Gasteiger charge is -2.09. The molecule has 3 rings (SSSR count). The molecule has 1 aliphatic heterocycles. The van der Waals surface area contributed by atoms with Gasteiger partial charge in [-0.1, -0.05) is 6.92 Å². The summed E-state index contributed by atoms with van der Waals surface area (Å²) in [4.78, 5) is 34.2. The summed E-state index contributed by atoms with van der Waals surface area (Å²) < 4.78 is 10.9. The van der Waals surface area contributed by atoms with Gasteiger partial charge in [-0.15, -0.1) is 0 Å². The maximum Gasteiger partial charge on any atom is 0.310 e. The SMILES string of the molecule is CCC(=O)Oc1ccc2c(c1C)O/C(=C\c1ccc([N+](=O)[O-])cc1)C2=O. The van der Waals surface area contributed by atoms with Crippen LogP contribution in [0.1, 0.15) is 34.8 Å². The zero-order valence-electron chi connectivity index (χ0n) is 14.1. The fourth-order valence-electron chi connectivity index (χ4n) is 2.52. The Morgan fingerprint density at radius 1 is 1.23 bits per heavy atom. The molecule has 7 nitrogen and oxygen atoms in total. The molecule has 1 aliphatic rings. The summed E-state index contributed by atoms with van der Waals surface area (Å²) in [7, 11) is 0. The van der Waals surface area contributed by atoms with Crippen molar-refractivity contribution in [3.63, 3.8) is 0 Å². The first-order chi connectivity index (χ1) is 12.4. The average molecular weight is 353 g/mol. The number of hydrogen-bond donors (Lipinski definition) is 0.